The van der Waals surface area contributed by atoms with Crippen LogP contribution in [-0.4, -0.2) is 41.1 Å². The molecule has 0 aliphatic carbocycles. The van der Waals surface area contributed by atoms with Gasteiger partial charge in [-0.3, -0.25) is 14.7 Å². The molecule has 142 valence electrons. The van der Waals surface area contributed by atoms with Gasteiger partial charge in [0.15, 0.2) is 5.92 Å². The largest absolute Gasteiger partial charge is 0.379 e. The summed E-state index contributed by atoms with van der Waals surface area (Å²) >= 11 is 0. The molecule has 1 amide bonds. The summed E-state index contributed by atoms with van der Waals surface area (Å²) in [5.41, 5.74) is 1.07. The van der Waals surface area contributed by atoms with Crippen LogP contribution in [0.5, 0.6) is 0 Å². The van der Waals surface area contributed by atoms with Crippen LogP contribution in [0.3, 0.4) is 0 Å². The Kier molecular flexibility index (Phi) is 7.20. The lowest BCUT2D eigenvalue weighted by molar-refractivity contribution is -0.122. The van der Waals surface area contributed by atoms with Gasteiger partial charge in [0.25, 0.3) is 0 Å². The highest BCUT2D eigenvalue weighted by atomic mass is 19.1. The molecule has 2 rings (SSSR count). The van der Waals surface area contributed by atoms with Crippen molar-refractivity contribution in [3.8, 4) is 17.3 Å². The number of aromatic nitrogens is 2. The van der Waals surface area contributed by atoms with Crippen LogP contribution in [0.2, 0.25) is 0 Å². The molecule has 1 heterocycles. The summed E-state index contributed by atoms with van der Waals surface area (Å²) in [6.45, 7) is 4.60. The van der Waals surface area contributed by atoms with Crippen molar-refractivity contribution in [2.24, 2.45) is 5.92 Å². The first-order valence-electron chi connectivity index (χ1n) is 8.57. The van der Waals surface area contributed by atoms with Gasteiger partial charge >= 0.3 is 0 Å². The van der Waals surface area contributed by atoms with Gasteiger partial charge < -0.3 is 10.1 Å². The molecule has 27 heavy (non-hydrogen) atoms. The predicted octanol–water partition coefficient (Wildman–Crippen LogP) is 2.47. The van der Waals surface area contributed by atoms with Crippen LogP contribution in [0, 0.1) is 23.1 Å². The van der Waals surface area contributed by atoms with Crippen molar-refractivity contribution < 1.29 is 18.7 Å². The van der Waals surface area contributed by atoms with Crippen LogP contribution in [0.1, 0.15) is 30.8 Å². The van der Waals surface area contributed by atoms with Gasteiger partial charge in [0.1, 0.15) is 11.5 Å². The Morgan fingerprint density at radius 3 is 2.67 bits per heavy atom. The molecule has 1 aromatic heterocycles. The number of nitriles is 1. The molecule has 2 aromatic rings. The average molecular weight is 372 g/mol. The van der Waals surface area contributed by atoms with Crippen LogP contribution in [0.15, 0.2) is 30.3 Å². The van der Waals surface area contributed by atoms with Crippen molar-refractivity contribution in [2.75, 3.05) is 13.2 Å². The van der Waals surface area contributed by atoms with E-state index in [4.69, 9.17) is 4.74 Å². The predicted molar refractivity (Wildman–Crippen MR) is 96.1 cm³/mol. The smallest absolute Gasteiger partial charge is 0.245 e. The number of nitrogens with one attached hydrogen (secondary N) is 2. The fourth-order valence-electron chi connectivity index (χ4n) is 2.31. The van der Waals surface area contributed by atoms with Crippen LogP contribution >= 0.6 is 0 Å². The molecule has 0 saturated heterocycles. The standard InChI is InChI=1S/C19H21FN4O3/c1-12(2)27-9-3-8-22-19(26)15(11-21)18(25)17-10-16(23-24-17)13-4-6-14(20)7-5-13/h4-7,10,12,15H,3,8-9H2,1-2H3,(H,22,26)(H,23,24). The lowest BCUT2D eigenvalue weighted by Crippen LogP contribution is -2.35. The number of halogens is 1. The second kappa shape index (κ2) is 9.59. The monoisotopic (exact) mass is 372 g/mol. The Morgan fingerprint density at radius 1 is 1.33 bits per heavy atom. The van der Waals surface area contributed by atoms with E-state index in [1.807, 2.05) is 13.8 Å². The quantitative estimate of drug-likeness (QED) is 0.399. The molecular weight excluding hydrogens is 351 g/mol. The molecule has 1 unspecified atom stereocenters. The number of carbonyl (C=O) groups is 2. The highest BCUT2D eigenvalue weighted by Crippen LogP contribution is 2.19. The zero-order valence-corrected chi connectivity index (χ0v) is 15.2. The SMILES string of the molecule is CC(C)OCCCNC(=O)C(C#N)C(=O)c1cc(-c2ccc(F)cc2)n[nH]1. The maximum atomic E-state index is 13.0. The molecule has 0 fully saturated rings. The Hall–Kier alpha value is -3.05. The van der Waals surface area contributed by atoms with Gasteiger partial charge in [-0.1, -0.05) is 0 Å². The van der Waals surface area contributed by atoms with E-state index in [-0.39, 0.29) is 17.6 Å². The fourth-order valence-corrected chi connectivity index (χ4v) is 2.31. The highest BCUT2D eigenvalue weighted by Gasteiger charge is 2.28. The summed E-state index contributed by atoms with van der Waals surface area (Å²) in [5.74, 6) is -3.19. The number of rotatable bonds is 9. The number of Topliss-reactive ketones (excluding diaryl/α,β-unsaturated/α-hetero) is 1. The van der Waals surface area contributed by atoms with E-state index >= 15 is 0 Å². The number of ketones is 1. The van der Waals surface area contributed by atoms with Crippen LogP contribution in [-0.2, 0) is 9.53 Å². The zero-order chi connectivity index (χ0) is 19.8. The number of hydrogen-bond acceptors (Lipinski definition) is 5. The van der Waals surface area contributed by atoms with Crippen LogP contribution in [0.4, 0.5) is 4.39 Å². The Balaban J connectivity index is 1.97. The molecule has 0 saturated carbocycles. The Morgan fingerprint density at radius 2 is 2.04 bits per heavy atom. The molecule has 1 aromatic carbocycles. The van der Waals surface area contributed by atoms with E-state index < -0.39 is 17.6 Å². The Bertz CT molecular complexity index is 824. The first-order valence-corrected chi connectivity index (χ1v) is 8.57. The number of carbonyl (C=O) groups excluding carboxylic acids is 2. The maximum Gasteiger partial charge on any atom is 0.245 e. The third-order valence-electron chi connectivity index (χ3n) is 3.71. The number of aromatic amines is 1. The number of hydrogen-bond donors (Lipinski definition) is 2. The molecule has 2 N–H and O–H groups in total. The van der Waals surface area contributed by atoms with Crippen molar-refractivity contribution in [1.29, 1.82) is 5.26 Å². The van der Waals surface area contributed by atoms with Crippen LogP contribution < -0.4 is 5.32 Å². The highest BCUT2D eigenvalue weighted by molar-refractivity contribution is 6.11. The van der Waals surface area contributed by atoms with E-state index in [1.165, 1.54) is 30.3 Å². The average Bonchev–Trinajstić information content (AvgIpc) is 3.12. The topological polar surface area (TPSA) is 108 Å². The summed E-state index contributed by atoms with van der Waals surface area (Å²) in [6, 6.07) is 8.76. The summed E-state index contributed by atoms with van der Waals surface area (Å²) < 4.78 is 18.4. The Labute approximate surface area is 156 Å². The summed E-state index contributed by atoms with van der Waals surface area (Å²) in [4.78, 5) is 24.6. The lowest BCUT2D eigenvalue weighted by atomic mass is 10.0. The normalized spacial score (nSPS) is 11.8. The first-order chi connectivity index (χ1) is 12.9. The molecule has 0 aliphatic heterocycles. The summed E-state index contributed by atoms with van der Waals surface area (Å²) in [5, 5.41) is 18.3. The summed E-state index contributed by atoms with van der Waals surface area (Å²) in [6.07, 6.45) is 0.680. The van der Waals surface area contributed by atoms with E-state index in [1.54, 1.807) is 6.07 Å². The molecule has 1 atom stereocenters. The lowest BCUT2D eigenvalue weighted by Gasteiger charge is -2.10. The number of benzene rings is 1. The second-order valence-corrected chi connectivity index (χ2v) is 6.16. The molecule has 0 radical (unpaired) electrons. The minimum atomic E-state index is -1.47. The van der Waals surface area contributed by atoms with Crippen molar-refractivity contribution in [3.05, 3.63) is 41.8 Å². The fraction of sp³-hybridized carbons (Fsp3) is 0.368. The maximum absolute atomic E-state index is 13.0. The molecule has 0 aliphatic rings. The molecule has 7 nitrogen and oxygen atoms in total. The van der Waals surface area contributed by atoms with Gasteiger partial charge in [-0.25, -0.2) is 4.39 Å². The second-order valence-electron chi connectivity index (χ2n) is 6.16. The molecule has 0 spiro atoms. The van der Waals surface area contributed by atoms with E-state index in [2.05, 4.69) is 15.5 Å². The van der Waals surface area contributed by atoms with Crippen molar-refractivity contribution >= 4 is 11.7 Å². The number of nitrogens with zero attached hydrogens (tertiary/aromatic N) is 2. The van der Waals surface area contributed by atoms with E-state index in [9.17, 15) is 19.2 Å². The van der Waals surface area contributed by atoms with E-state index in [0.29, 0.717) is 30.8 Å². The zero-order valence-electron chi connectivity index (χ0n) is 15.2. The van der Waals surface area contributed by atoms with E-state index in [0.717, 1.165) is 0 Å². The third-order valence-corrected chi connectivity index (χ3v) is 3.71. The molecular formula is C19H21FN4O3. The van der Waals surface area contributed by atoms with Crippen molar-refractivity contribution in [3.63, 3.8) is 0 Å². The van der Waals surface area contributed by atoms with Gasteiger partial charge in [0.05, 0.1) is 17.9 Å². The van der Waals surface area contributed by atoms with Gasteiger partial charge in [-0.15, -0.1) is 0 Å². The van der Waals surface area contributed by atoms with Gasteiger partial charge in [-0.2, -0.15) is 10.4 Å². The molecule has 0 bridgehead atoms. The van der Waals surface area contributed by atoms with Gasteiger partial charge in [0.2, 0.25) is 11.7 Å². The van der Waals surface area contributed by atoms with Crippen LogP contribution in [0.25, 0.3) is 11.3 Å². The van der Waals surface area contributed by atoms with Gasteiger partial charge in [0, 0.05) is 18.7 Å². The first kappa shape index (κ1) is 20.3. The number of amides is 1. The van der Waals surface area contributed by atoms with Crippen molar-refractivity contribution in [2.45, 2.75) is 26.4 Å². The van der Waals surface area contributed by atoms with Gasteiger partial charge in [-0.05, 0) is 50.6 Å². The summed E-state index contributed by atoms with van der Waals surface area (Å²) in [7, 11) is 0. The molecule has 8 heteroatoms. The number of ether oxygens (including phenoxy) is 1. The third kappa shape index (κ3) is 5.72. The number of H-pyrrole nitrogens is 1. The minimum absolute atomic E-state index is 0.0409. The van der Waals surface area contributed by atoms with Crippen molar-refractivity contribution in [1.82, 2.24) is 15.5 Å². The minimum Gasteiger partial charge on any atom is -0.379 e.